The van der Waals surface area contributed by atoms with Gasteiger partial charge in [-0.2, -0.15) is 0 Å². The standard InChI is InChI=1S/C24H26N2O4/c1-24(2,3)20-11-15-14-7-6-8-17(25-9-4-5-10-25)21(14)30-22(15)18-12-19(27)16(23(28)29)13-26(18)20/h6-8,12-13,20H,4-5,9-11H2,1-3H3,(H,28,29)/t20-/m0/s1. The van der Waals surface area contributed by atoms with Gasteiger partial charge >= 0.3 is 5.97 Å². The molecule has 156 valence electrons. The first-order valence-electron chi connectivity index (χ1n) is 10.5. The molecule has 1 atom stereocenters. The molecule has 0 spiro atoms. The van der Waals surface area contributed by atoms with Crippen molar-refractivity contribution in [3.8, 4) is 11.5 Å². The SMILES string of the molecule is CC(C)(C)[C@@H]1Cc2c(oc3c(N4CCCC4)cccc23)-c2cc(=O)c(C(=O)O)cn21. The van der Waals surface area contributed by atoms with Crippen molar-refractivity contribution >= 4 is 22.6 Å². The van der Waals surface area contributed by atoms with E-state index in [1.54, 1.807) is 0 Å². The largest absolute Gasteiger partial charge is 0.477 e. The normalized spacial score (nSPS) is 18.5. The number of carbonyl (C=O) groups is 1. The molecule has 30 heavy (non-hydrogen) atoms. The van der Waals surface area contributed by atoms with Crippen LogP contribution in [0.5, 0.6) is 0 Å². The summed E-state index contributed by atoms with van der Waals surface area (Å²) in [7, 11) is 0. The van der Waals surface area contributed by atoms with Crippen LogP contribution in [0.3, 0.4) is 0 Å². The Hall–Kier alpha value is -3.02. The molecule has 0 radical (unpaired) electrons. The van der Waals surface area contributed by atoms with Crippen molar-refractivity contribution in [2.75, 3.05) is 18.0 Å². The Balaban J connectivity index is 1.79. The summed E-state index contributed by atoms with van der Waals surface area (Å²) in [6.45, 7) is 8.47. The highest BCUT2D eigenvalue weighted by Crippen LogP contribution is 2.47. The minimum atomic E-state index is -1.20. The minimum Gasteiger partial charge on any atom is -0.477 e. The number of anilines is 1. The second kappa shape index (κ2) is 6.49. The Kier molecular flexibility index (Phi) is 4.10. The number of carboxylic acids is 1. The molecule has 6 nitrogen and oxygen atoms in total. The van der Waals surface area contributed by atoms with Gasteiger partial charge in [0.15, 0.2) is 16.8 Å². The molecular formula is C24H26N2O4. The maximum absolute atomic E-state index is 12.5. The van der Waals surface area contributed by atoms with E-state index in [1.807, 2.05) is 4.57 Å². The first-order valence-corrected chi connectivity index (χ1v) is 10.5. The first kappa shape index (κ1) is 19.0. The number of aromatic nitrogens is 1. The van der Waals surface area contributed by atoms with Crippen LogP contribution < -0.4 is 10.3 Å². The number of fused-ring (bicyclic) bond motifs is 5. The third-order valence-electron chi connectivity index (χ3n) is 6.52. The van der Waals surface area contributed by atoms with E-state index in [1.165, 1.54) is 25.1 Å². The maximum Gasteiger partial charge on any atom is 0.341 e. The Morgan fingerprint density at radius 1 is 1.20 bits per heavy atom. The van der Waals surface area contributed by atoms with Crippen molar-refractivity contribution in [2.45, 2.75) is 46.1 Å². The molecule has 0 saturated carbocycles. The van der Waals surface area contributed by atoms with E-state index in [0.29, 0.717) is 11.5 Å². The van der Waals surface area contributed by atoms with Gasteiger partial charge < -0.3 is 19.0 Å². The quantitative estimate of drug-likeness (QED) is 0.667. The molecule has 6 heteroatoms. The zero-order chi connectivity index (χ0) is 21.2. The van der Waals surface area contributed by atoms with Gasteiger partial charge in [-0.25, -0.2) is 4.79 Å². The van der Waals surface area contributed by atoms with Gasteiger partial charge in [-0.1, -0.05) is 32.9 Å². The molecular weight excluding hydrogens is 380 g/mol. The van der Waals surface area contributed by atoms with Gasteiger partial charge in [-0.15, -0.1) is 0 Å². The minimum absolute atomic E-state index is 0.00921. The lowest BCUT2D eigenvalue weighted by molar-refractivity contribution is 0.0693. The number of carboxylic acid groups (broad SMARTS) is 1. The lowest BCUT2D eigenvalue weighted by atomic mass is 9.80. The molecule has 0 amide bonds. The number of furan rings is 1. The molecule has 2 aliphatic heterocycles. The molecule has 5 rings (SSSR count). The molecule has 0 unspecified atom stereocenters. The van der Waals surface area contributed by atoms with E-state index in [2.05, 4.69) is 43.9 Å². The lowest BCUT2D eigenvalue weighted by Gasteiger charge is -2.37. The highest BCUT2D eigenvalue weighted by molar-refractivity contribution is 5.96. The highest BCUT2D eigenvalue weighted by atomic mass is 16.4. The zero-order valence-electron chi connectivity index (χ0n) is 17.6. The summed E-state index contributed by atoms with van der Waals surface area (Å²) < 4.78 is 8.36. The molecule has 2 aliphatic rings. The zero-order valence-corrected chi connectivity index (χ0v) is 17.6. The fraction of sp³-hybridized carbons (Fsp3) is 0.417. The summed E-state index contributed by atoms with van der Waals surface area (Å²) in [5, 5.41) is 10.6. The van der Waals surface area contributed by atoms with Crippen molar-refractivity contribution in [1.82, 2.24) is 4.57 Å². The van der Waals surface area contributed by atoms with E-state index >= 15 is 0 Å². The number of hydrogen-bond donors (Lipinski definition) is 1. The van der Waals surface area contributed by atoms with Crippen LogP contribution in [-0.4, -0.2) is 28.7 Å². The number of hydrogen-bond acceptors (Lipinski definition) is 4. The average Bonchev–Trinajstić information content (AvgIpc) is 3.33. The number of rotatable bonds is 2. The number of nitrogens with zero attached hydrogens (tertiary/aromatic N) is 2. The Morgan fingerprint density at radius 2 is 1.93 bits per heavy atom. The van der Waals surface area contributed by atoms with Gasteiger partial charge in [0, 0.05) is 42.3 Å². The Bertz CT molecular complexity index is 1220. The van der Waals surface area contributed by atoms with Crippen LogP contribution in [-0.2, 0) is 6.42 Å². The van der Waals surface area contributed by atoms with Gasteiger partial charge in [-0.05, 0) is 30.7 Å². The number of para-hydroxylation sites is 1. The smallest absolute Gasteiger partial charge is 0.341 e. The maximum atomic E-state index is 12.5. The van der Waals surface area contributed by atoms with Gasteiger partial charge in [0.25, 0.3) is 0 Å². The molecule has 3 aromatic rings. The Morgan fingerprint density at radius 3 is 2.60 bits per heavy atom. The monoisotopic (exact) mass is 406 g/mol. The van der Waals surface area contributed by atoms with Crippen LogP contribution >= 0.6 is 0 Å². The molecule has 1 fully saturated rings. The van der Waals surface area contributed by atoms with Crippen molar-refractivity contribution < 1.29 is 14.3 Å². The fourth-order valence-corrected chi connectivity index (χ4v) is 4.94. The second-order valence-corrected chi connectivity index (χ2v) is 9.49. The van der Waals surface area contributed by atoms with E-state index in [-0.39, 0.29) is 17.0 Å². The predicted octanol–water partition coefficient (Wildman–Crippen LogP) is 4.70. The lowest BCUT2D eigenvalue weighted by Crippen LogP contribution is -2.32. The number of pyridine rings is 1. The molecule has 4 heterocycles. The van der Waals surface area contributed by atoms with Crippen LogP contribution in [0.15, 0.2) is 39.7 Å². The molecule has 0 bridgehead atoms. The average molecular weight is 406 g/mol. The first-order chi connectivity index (χ1) is 14.3. The second-order valence-electron chi connectivity index (χ2n) is 9.49. The molecule has 1 saturated heterocycles. The Labute approximate surface area is 174 Å². The van der Waals surface area contributed by atoms with Gasteiger partial charge in [0.1, 0.15) is 5.56 Å². The van der Waals surface area contributed by atoms with Crippen molar-refractivity contribution in [2.24, 2.45) is 5.41 Å². The van der Waals surface area contributed by atoms with Crippen LogP contribution in [0.1, 0.15) is 55.6 Å². The fourth-order valence-electron chi connectivity index (χ4n) is 4.94. The van der Waals surface area contributed by atoms with Crippen LogP contribution in [0.25, 0.3) is 22.4 Å². The van der Waals surface area contributed by atoms with E-state index in [9.17, 15) is 14.7 Å². The van der Waals surface area contributed by atoms with Crippen LogP contribution in [0.4, 0.5) is 5.69 Å². The van der Waals surface area contributed by atoms with E-state index in [4.69, 9.17) is 4.42 Å². The summed E-state index contributed by atoms with van der Waals surface area (Å²) in [4.78, 5) is 26.5. The molecule has 0 aliphatic carbocycles. The summed E-state index contributed by atoms with van der Waals surface area (Å²) in [6.07, 6.45) is 4.58. The predicted molar refractivity (Wildman–Crippen MR) is 117 cm³/mol. The van der Waals surface area contributed by atoms with Crippen molar-refractivity contribution in [1.29, 1.82) is 0 Å². The third-order valence-corrected chi connectivity index (χ3v) is 6.52. The summed E-state index contributed by atoms with van der Waals surface area (Å²) in [6, 6.07) is 7.71. The third kappa shape index (κ3) is 2.77. The number of benzene rings is 1. The topological polar surface area (TPSA) is 75.7 Å². The molecule has 2 aromatic heterocycles. The van der Waals surface area contributed by atoms with Gasteiger partial charge in [0.05, 0.1) is 11.4 Å². The van der Waals surface area contributed by atoms with Crippen molar-refractivity contribution in [3.63, 3.8) is 0 Å². The van der Waals surface area contributed by atoms with Crippen molar-refractivity contribution in [3.05, 3.63) is 51.8 Å². The van der Waals surface area contributed by atoms with Crippen LogP contribution in [0.2, 0.25) is 0 Å². The molecule has 1 N–H and O–H groups in total. The van der Waals surface area contributed by atoms with Gasteiger partial charge in [-0.3, -0.25) is 4.79 Å². The molecule has 1 aromatic carbocycles. The van der Waals surface area contributed by atoms with E-state index < -0.39 is 11.4 Å². The van der Waals surface area contributed by atoms with Crippen LogP contribution in [0, 0.1) is 5.41 Å². The summed E-state index contributed by atoms with van der Waals surface area (Å²) in [5.41, 5.74) is 2.90. The summed E-state index contributed by atoms with van der Waals surface area (Å²) in [5.74, 6) is -0.513. The highest BCUT2D eigenvalue weighted by Gasteiger charge is 2.36. The van der Waals surface area contributed by atoms with E-state index in [0.717, 1.165) is 41.7 Å². The number of aromatic carboxylic acids is 1. The summed E-state index contributed by atoms with van der Waals surface area (Å²) >= 11 is 0. The van der Waals surface area contributed by atoms with Gasteiger partial charge in [0.2, 0.25) is 0 Å².